The van der Waals surface area contributed by atoms with Crippen molar-refractivity contribution in [3.8, 4) is 0 Å². The summed E-state index contributed by atoms with van der Waals surface area (Å²) in [5.74, 6) is -0.324. The zero-order valence-corrected chi connectivity index (χ0v) is 17.9. The number of nitrogens with one attached hydrogen (secondary N) is 2. The number of benzene rings is 3. The minimum Gasteiger partial charge on any atom is -0.330 e. The summed E-state index contributed by atoms with van der Waals surface area (Å²) in [4.78, 5) is 11.2. The van der Waals surface area contributed by atoms with Gasteiger partial charge in [0.05, 0.1) is 10.6 Å². The predicted octanol–water partition coefficient (Wildman–Crippen LogP) is 4.19. The van der Waals surface area contributed by atoms with Gasteiger partial charge in [-0.25, -0.2) is 8.42 Å². The molecule has 6 nitrogen and oxygen atoms in total. The van der Waals surface area contributed by atoms with Crippen molar-refractivity contribution in [2.45, 2.75) is 17.7 Å². The topological polar surface area (TPSA) is 101 Å². The first-order valence-corrected chi connectivity index (χ1v) is 11.1. The summed E-state index contributed by atoms with van der Waals surface area (Å²) in [6, 6.07) is 20.7. The number of anilines is 2. The van der Waals surface area contributed by atoms with Crippen LogP contribution in [0.25, 0.3) is 0 Å². The molecule has 0 saturated heterocycles. The number of carbonyl (C=O) groups is 1. The Bertz CT molecular complexity index is 1130. The average Bonchev–Trinajstić information content (AvgIpc) is 2.70. The molecule has 1 unspecified atom stereocenters. The molecule has 1 amide bonds. The first-order valence-electron chi connectivity index (χ1n) is 9.25. The molecule has 0 saturated carbocycles. The largest absolute Gasteiger partial charge is 0.330 e. The van der Waals surface area contributed by atoms with Gasteiger partial charge < -0.3 is 11.1 Å². The Kier molecular flexibility index (Phi) is 6.77. The molecule has 0 aliphatic rings. The lowest BCUT2D eigenvalue weighted by molar-refractivity contribution is -0.114. The van der Waals surface area contributed by atoms with Gasteiger partial charge in [0.15, 0.2) is 0 Å². The minimum absolute atomic E-state index is 0.0703. The number of amides is 1. The van der Waals surface area contributed by atoms with Crippen molar-refractivity contribution in [1.29, 1.82) is 0 Å². The molecule has 0 heterocycles. The smallest absolute Gasteiger partial charge is 0.261 e. The van der Waals surface area contributed by atoms with E-state index in [0.717, 1.165) is 11.1 Å². The quantitative estimate of drug-likeness (QED) is 0.509. The molecule has 0 spiro atoms. The Balaban J connectivity index is 1.81. The molecule has 3 rings (SSSR count). The molecule has 3 aromatic carbocycles. The number of halogens is 1. The lowest BCUT2D eigenvalue weighted by Gasteiger charge is -2.18. The molecule has 0 radical (unpaired) electrons. The summed E-state index contributed by atoms with van der Waals surface area (Å²) in [5.41, 5.74) is 8.69. The standard InChI is InChI=1S/C22H22ClN3O3S/c1-15(27)25-17-7-10-19(11-8-17)30(28,29)26-18-9-12-20(22(23)13-18)21(14-24)16-5-3-2-4-6-16/h2-13,21,26H,14,24H2,1H3,(H,25,27). The van der Waals surface area contributed by atoms with Crippen LogP contribution in [0.4, 0.5) is 11.4 Å². The highest BCUT2D eigenvalue weighted by Crippen LogP contribution is 2.32. The van der Waals surface area contributed by atoms with Crippen LogP contribution in [0.15, 0.2) is 77.7 Å². The number of hydrogen-bond donors (Lipinski definition) is 3. The summed E-state index contributed by atoms with van der Waals surface area (Å²) in [6.07, 6.45) is 0. The number of sulfonamides is 1. The highest BCUT2D eigenvalue weighted by Gasteiger charge is 2.18. The molecule has 0 fully saturated rings. The Morgan fingerprint density at radius 1 is 1.00 bits per heavy atom. The number of hydrogen-bond acceptors (Lipinski definition) is 4. The van der Waals surface area contributed by atoms with Crippen LogP contribution in [0.2, 0.25) is 5.02 Å². The van der Waals surface area contributed by atoms with Crippen molar-refractivity contribution in [1.82, 2.24) is 0 Å². The van der Waals surface area contributed by atoms with Gasteiger partial charge in [-0.3, -0.25) is 9.52 Å². The van der Waals surface area contributed by atoms with Gasteiger partial charge in [-0.1, -0.05) is 48.0 Å². The Labute approximate surface area is 181 Å². The molecular weight excluding hydrogens is 422 g/mol. The van der Waals surface area contributed by atoms with Crippen LogP contribution in [0.5, 0.6) is 0 Å². The van der Waals surface area contributed by atoms with E-state index in [1.807, 2.05) is 30.3 Å². The summed E-state index contributed by atoms with van der Waals surface area (Å²) >= 11 is 6.47. The Hall–Kier alpha value is -2.87. The monoisotopic (exact) mass is 443 g/mol. The van der Waals surface area contributed by atoms with E-state index in [2.05, 4.69) is 10.0 Å². The maximum Gasteiger partial charge on any atom is 0.261 e. The first kappa shape index (κ1) is 21.8. The van der Waals surface area contributed by atoms with Gasteiger partial charge in [0.25, 0.3) is 10.0 Å². The van der Waals surface area contributed by atoms with Crippen molar-refractivity contribution < 1.29 is 13.2 Å². The Morgan fingerprint density at radius 3 is 2.20 bits per heavy atom. The molecular formula is C22H22ClN3O3S. The van der Waals surface area contributed by atoms with Crippen LogP contribution in [0.1, 0.15) is 24.0 Å². The summed E-state index contributed by atoms with van der Waals surface area (Å²) in [5, 5.41) is 3.02. The third-order valence-corrected chi connectivity index (χ3v) is 6.28. The second-order valence-corrected chi connectivity index (χ2v) is 8.84. The van der Waals surface area contributed by atoms with Crippen LogP contribution < -0.4 is 15.8 Å². The fraction of sp³-hybridized carbons (Fsp3) is 0.136. The van der Waals surface area contributed by atoms with Crippen molar-refractivity contribution in [3.63, 3.8) is 0 Å². The van der Waals surface area contributed by atoms with E-state index in [9.17, 15) is 13.2 Å². The van der Waals surface area contributed by atoms with Gasteiger partial charge >= 0.3 is 0 Å². The van der Waals surface area contributed by atoms with Crippen LogP contribution in [-0.4, -0.2) is 20.9 Å². The van der Waals surface area contributed by atoms with Crippen LogP contribution >= 0.6 is 11.6 Å². The molecule has 3 aromatic rings. The average molecular weight is 444 g/mol. The zero-order chi connectivity index (χ0) is 21.7. The van der Waals surface area contributed by atoms with Crippen molar-refractivity contribution in [3.05, 3.63) is 88.9 Å². The van der Waals surface area contributed by atoms with E-state index >= 15 is 0 Å². The van der Waals surface area contributed by atoms with Crippen molar-refractivity contribution in [2.75, 3.05) is 16.6 Å². The maximum absolute atomic E-state index is 12.7. The highest BCUT2D eigenvalue weighted by molar-refractivity contribution is 7.92. The van der Waals surface area contributed by atoms with Gasteiger partial charge in [-0.05, 0) is 47.5 Å². The highest BCUT2D eigenvalue weighted by atomic mass is 35.5. The summed E-state index contributed by atoms with van der Waals surface area (Å²) < 4.78 is 27.9. The van der Waals surface area contributed by atoms with Gasteiger partial charge in [0.1, 0.15) is 0 Å². The van der Waals surface area contributed by atoms with E-state index in [0.29, 0.717) is 22.9 Å². The van der Waals surface area contributed by atoms with Crippen molar-refractivity contribution in [2.24, 2.45) is 5.73 Å². The molecule has 8 heteroatoms. The summed E-state index contributed by atoms with van der Waals surface area (Å²) in [7, 11) is -3.81. The Morgan fingerprint density at radius 2 is 1.63 bits per heavy atom. The van der Waals surface area contributed by atoms with Crippen LogP contribution in [0, 0.1) is 0 Å². The molecule has 0 aliphatic carbocycles. The number of rotatable bonds is 7. The molecule has 0 bridgehead atoms. The third kappa shape index (κ3) is 5.18. The van der Waals surface area contributed by atoms with Gasteiger partial charge in [0.2, 0.25) is 5.91 Å². The fourth-order valence-electron chi connectivity index (χ4n) is 3.14. The zero-order valence-electron chi connectivity index (χ0n) is 16.3. The fourth-order valence-corrected chi connectivity index (χ4v) is 4.50. The molecule has 156 valence electrons. The molecule has 1 atom stereocenters. The lowest BCUT2D eigenvalue weighted by Crippen LogP contribution is -2.15. The molecule has 0 aliphatic heterocycles. The van der Waals surface area contributed by atoms with E-state index in [4.69, 9.17) is 17.3 Å². The second kappa shape index (κ2) is 9.30. The number of carbonyl (C=O) groups excluding carboxylic acids is 1. The maximum atomic E-state index is 12.7. The molecule has 30 heavy (non-hydrogen) atoms. The van der Waals surface area contributed by atoms with Gasteiger partial charge in [-0.2, -0.15) is 0 Å². The van der Waals surface area contributed by atoms with E-state index in [1.54, 1.807) is 18.2 Å². The molecule has 0 aromatic heterocycles. The number of nitrogens with two attached hydrogens (primary N) is 1. The van der Waals surface area contributed by atoms with E-state index in [1.165, 1.54) is 31.2 Å². The summed E-state index contributed by atoms with van der Waals surface area (Å²) in [6.45, 7) is 1.75. The van der Waals surface area contributed by atoms with Crippen molar-refractivity contribution >= 4 is 38.9 Å². The van der Waals surface area contributed by atoms with Gasteiger partial charge in [0, 0.05) is 30.1 Å². The third-order valence-electron chi connectivity index (χ3n) is 4.55. The van der Waals surface area contributed by atoms with Crippen LogP contribution in [0.3, 0.4) is 0 Å². The van der Waals surface area contributed by atoms with E-state index < -0.39 is 10.0 Å². The van der Waals surface area contributed by atoms with E-state index in [-0.39, 0.29) is 16.7 Å². The van der Waals surface area contributed by atoms with Gasteiger partial charge in [-0.15, -0.1) is 0 Å². The second-order valence-electron chi connectivity index (χ2n) is 6.75. The minimum atomic E-state index is -3.81. The lowest BCUT2D eigenvalue weighted by atomic mass is 9.91. The first-order chi connectivity index (χ1) is 14.3. The normalized spacial score (nSPS) is 12.2. The molecule has 4 N–H and O–H groups in total. The predicted molar refractivity (Wildman–Crippen MR) is 120 cm³/mol. The SMILES string of the molecule is CC(=O)Nc1ccc(S(=O)(=O)Nc2ccc(C(CN)c3ccccc3)c(Cl)c2)cc1. The van der Waals surface area contributed by atoms with Crippen LogP contribution in [-0.2, 0) is 14.8 Å².